The lowest BCUT2D eigenvalue weighted by Gasteiger charge is -2.30. The highest BCUT2D eigenvalue weighted by molar-refractivity contribution is 6.36. The largest absolute Gasteiger partial charge is 0.369 e. The molecule has 3 amide bonds. The Labute approximate surface area is 304 Å². The Bertz CT molecular complexity index is 1860. The number of halogens is 2. The van der Waals surface area contributed by atoms with Crippen molar-refractivity contribution >= 4 is 58.0 Å². The third-order valence-corrected chi connectivity index (χ3v) is 10.5. The number of fused-ring (bicyclic) bond motifs is 1. The average Bonchev–Trinajstić information content (AvgIpc) is 3.60. The quantitative estimate of drug-likeness (QED) is 0.144. The van der Waals surface area contributed by atoms with E-state index in [1.807, 2.05) is 84.9 Å². The van der Waals surface area contributed by atoms with Crippen molar-refractivity contribution in [3.63, 3.8) is 0 Å². The van der Waals surface area contributed by atoms with Gasteiger partial charge in [0.05, 0.1) is 36.3 Å². The van der Waals surface area contributed by atoms with E-state index in [0.717, 1.165) is 59.4 Å². The summed E-state index contributed by atoms with van der Waals surface area (Å²) in [5, 5.41) is 4.22. The molecule has 50 heavy (non-hydrogen) atoms. The van der Waals surface area contributed by atoms with Crippen LogP contribution in [0.5, 0.6) is 0 Å². The number of para-hydroxylation sites is 3. The summed E-state index contributed by atoms with van der Waals surface area (Å²) in [4.78, 5) is 45.7. The maximum absolute atomic E-state index is 14.8. The Morgan fingerprint density at radius 3 is 2.32 bits per heavy atom. The standard InChI is InChI=1S/C41H42Cl2N4O3/c1-2-11-33(39(44)48)34(23-27-12-6-7-13-27)40(49)45-36-26-46(31-16-4-3-5-17-31)37-18-8-9-19-38(37)47(41(36)50)25-28-14-10-15-29(22-28)32-21-20-30(42)24-35(32)43/h2-5,8-10,14-22,24,27,33-34,36H,1,6-7,11-13,23,25-26H2,(H2,44,48)(H,45,49). The first kappa shape index (κ1) is 35.2. The smallest absolute Gasteiger partial charge is 0.251 e. The summed E-state index contributed by atoms with van der Waals surface area (Å²) < 4.78 is 0. The number of rotatable bonds is 12. The number of nitrogens with one attached hydrogen (secondary N) is 1. The molecule has 0 aromatic heterocycles. The van der Waals surface area contributed by atoms with Crippen molar-refractivity contribution in [3.8, 4) is 11.1 Å². The first-order chi connectivity index (χ1) is 24.2. The second-order valence-corrected chi connectivity index (χ2v) is 14.1. The van der Waals surface area contributed by atoms with Crippen LogP contribution in [0.4, 0.5) is 17.1 Å². The molecule has 6 rings (SSSR count). The molecule has 1 heterocycles. The molecule has 0 saturated heterocycles. The Balaban J connectivity index is 1.38. The number of primary amides is 1. The van der Waals surface area contributed by atoms with Crippen LogP contribution in [-0.2, 0) is 20.9 Å². The summed E-state index contributed by atoms with van der Waals surface area (Å²) in [5.41, 5.74) is 10.9. The molecule has 1 saturated carbocycles. The minimum absolute atomic E-state index is 0.196. The molecule has 0 bridgehead atoms. The van der Waals surface area contributed by atoms with Gasteiger partial charge in [-0.15, -0.1) is 6.58 Å². The zero-order valence-electron chi connectivity index (χ0n) is 27.9. The molecule has 0 radical (unpaired) electrons. The highest BCUT2D eigenvalue weighted by Gasteiger charge is 2.39. The van der Waals surface area contributed by atoms with Gasteiger partial charge in [0.1, 0.15) is 6.04 Å². The van der Waals surface area contributed by atoms with Crippen LogP contribution in [-0.4, -0.2) is 30.3 Å². The van der Waals surface area contributed by atoms with Gasteiger partial charge in [-0.2, -0.15) is 0 Å². The fraction of sp³-hybridized carbons (Fsp3) is 0.293. The lowest BCUT2D eigenvalue weighted by atomic mass is 9.80. The third kappa shape index (κ3) is 7.90. The summed E-state index contributed by atoms with van der Waals surface area (Å²) in [7, 11) is 0. The summed E-state index contributed by atoms with van der Waals surface area (Å²) in [6.07, 6.45) is 6.71. The molecule has 258 valence electrons. The topological polar surface area (TPSA) is 95.7 Å². The van der Waals surface area contributed by atoms with E-state index in [-0.39, 0.29) is 24.9 Å². The van der Waals surface area contributed by atoms with E-state index in [4.69, 9.17) is 28.9 Å². The molecule has 1 fully saturated rings. The number of anilines is 3. The second kappa shape index (κ2) is 16.0. The van der Waals surface area contributed by atoms with Crippen LogP contribution in [0.3, 0.4) is 0 Å². The van der Waals surface area contributed by atoms with E-state index in [2.05, 4.69) is 16.8 Å². The van der Waals surface area contributed by atoms with Gasteiger partial charge in [-0.05, 0) is 72.4 Å². The summed E-state index contributed by atoms with van der Waals surface area (Å²) in [6.45, 7) is 4.27. The van der Waals surface area contributed by atoms with Gasteiger partial charge in [-0.25, -0.2) is 0 Å². The van der Waals surface area contributed by atoms with E-state index >= 15 is 0 Å². The third-order valence-electron chi connectivity index (χ3n) is 9.96. The summed E-state index contributed by atoms with van der Waals surface area (Å²) in [6, 6.07) is 30.0. The molecule has 3 N–H and O–H groups in total. The zero-order chi connectivity index (χ0) is 35.2. The Kier molecular flexibility index (Phi) is 11.3. The molecular formula is C41H42Cl2N4O3. The molecule has 2 aliphatic rings. The van der Waals surface area contributed by atoms with Crippen molar-refractivity contribution in [2.75, 3.05) is 16.3 Å². The van der Waals surface area contributed by atoms with Gasteiger partial charge in [-0.3, -0.25) is 14.4 Å². The zero-order valence-corrected chi connectivity index (χ0v) is 29.5. The van der Waals surface area contributed by atoms with Crippen LogP contribution in [0.15, 0.2) is 110 Å². The predicted octanol–water partition coefficient (Wildman–Crippen LogP) is 8.70. The van der Waals surface area contributed by atoms with Gasteiger partial charge in [-0.1, -0.05) is 110 Å². The first-order valence-electron chi connectivity index (χ1n) is 17.2. The number of hydrogen-bond acceptors (Lipinski definition) is 4. The van der Waals surface area contributed by atoms with Crippen molar-refractivity contribution in [2.24, 2.45) is 23.5 Å². The van der Waals surface area contributed by atoms with Crippen LogP contribution < -0.4 is 20.9 Å². The van der Waals surface area contributed by atoms with E-state index in [0.29, 0.717) is 28.8 Å². The molecule has 3 atom stereocenters. The average molecular weight is 710 g/mol. The maximum atomic E-state index is 14.8. The number of benzene rings is 4. The molecule has 3 unspecified atom stereocenters. The van der Waals surface area contributed by atoms with Crippen LogP contribution in [0.25, 0.3) is 11.1 Å². The number of carbonyl (C=O) groups excluding carboxylic acids is 3. The van der Waals surface area contributed by atoms with Crippen LogP contribution in [0, 0.1) is 17.8 Å². The van der Waals surface area contributed by atoms with E-state index < -0.39 is 23.8 Å². The van der Waals surface area contributed by atoms with Crippen molar-refractivity contribution < 1.29 is 14.4 Å². The number of allylic oxidation sites excluding steroid dienone is 1. The fourth-order valence-electron chi connectivity index (χ4n) is 7.45. The maximum Gasteiger partial charge on any atom is 0.251 e. The normalized spacial score (nSPS) is 17.5. The van der Waals surface area contributed by atoms with Crippen molar-refractivity contribution in [1.29, 1.82) is 0 Å². The SMILES string of the molecule is C=CCC(C(N)=O)C(CC1CCCC1)C(=O)NC1CN(c2ccccc2)c2ccccc2N(Cc2cccc(-c3ccc(Cl)cc3Cl)c2)C1=O. The van der Waals surface area contributed by atoms with Crippen LogP contribution >= 0.6 is 23.2 Å². The fourth-order valence-corrected chi connectivity index (χ4v) is 7.97. The van der Waals surface area contributed by atoms with Gasteiger partial charge in [0.25, 0.3) is 5.91 Å². The molecule has 1 aliphatic heterocycles. The lowest BCUT2D eigenvalue weighted by molar-refractivity contribution is -0.135. The van der Waals surface area contributed by atoms with Gasteiger partial charge >= 0.3 is 0 Å². The van der Waals surface area contributed by atoms with Gasteiger partial charge in [0.15, 0.2) is 0 Å². The van der Waals surface area contributed by atoms with Gasteiger partial charge in [0, 0.05) is 21.3 Å². The van der Waals surface area contributed by atoms with Crippen molar-refractivity contribution in [2.45, 2.75) is 51.1 Å². The molecular weight excluding hydrogens is 667 g/mol. The van der Waals surface area contributed by atoms with E-state index in [1.165, 1.54) is 0 Å². The minimum atomic E-state index is -0.924. The monoisotopic (exact) mass is 708 g/mol. The molecule has 4 aromatic rings. The highest BCUT2D eigenvalue weighted by Crippen LogP contribution is 2.39. The van der Waals surface area contributed by atoms with E-state index in [9.17, 15) is 14.4 Å². The number of nitrogens with zero attached hydrogens (tertiary/aromatic N) is 2. The Hall–Kier alpha value is -4.59. The molecule has 7 nitrogen and oxygen atoms in total. The summed E-state index contributed by atoms with van der Waals surface area (Å²) >= 11 is 12.7. The number of amides is 3. The van der Waals surface area contributed by atoms with Gasteiger partial charge < -0.3 is 20.9 Å². The first-order valence-corrected chi connectivity index (χ1v) is 18.0. The molecule has 1 aliphatic carbocycles. The number of carbonyl (C=O) groups is 3. The van der Waals surface area contributed by atoms with E-state index in [1.54, 1.807) is 23.1 Å². The van der Waals surface area contributed by atoms with Crippen molar-refractivity contribution in [1.82, 2.24) is 5.32 Å². The van der Waals surface area contributed by atoms with Gasteiger partial charge in [0.2, 0.25) is 11.8 Å². The Morgan fingerprint density at radius 1 is 0.900 bits per heavy atom. The molecule has 0 spiro atoms. The van der Waals surface area contributed by atoms with Crippen molar-refractivity contribution in [3.05, 3.63) is 125 Å². The number of hydrogen-bond donors (Lipinski definition) is 2. The summed E-state index contributed by atoms with van der Waals surface area (Å²) in [5.74, 6) is -2.18. The number of nitrogens with two attached hydrogens (primary N) is 1. The Morgan fingerprint density at radius 2 is 1.62 bits per heavy atom. The molecule has 4 aromatic carbocycles. The minimum Gasteiger partial charge on any atom is -0.369 e. The van der Waals surface area contributed by atoms with Crippen LogP contribution in [0.1, 0.15) is 44.1 Å². The van der Waals surface area contributed by atoms with Crippen LogP contribution in [0.2, 0.25) is 10.0 Å². The highest BCUT2D eigenvalue weighted by atomic mass is 35.5. The predicted molar refractivity (Wildman–Crippen MR) is 202 cm³/mol. The lowest BCUT2D eigenvalue weighted by Crippen LogP contribution is -2.54. The molecule has 9 heteroatoms. The second-order valence-electron chi connectivity index (χ2n) is 13.3.